The average Bonchev–Trinajstić information content (AvgIpc) is 2.20. The number of aromatic nitrogens is 1. The lowest BCUT2D eigenvalue weighted by Crippen LogP contribution is -1.88. The molecule has 0 radical (unpaired) electrons. The van der Waals surface area contributed by atoms with Crippen LogP contribution in [0.5, 0.6) is 0 Å². The molecule has 0 aliphatic carbocycles. The average molecular weight is 175 g/mol. The minimum absolute atomic E-state index is 0.903. The van der Waals surface area contributed by atoms with Crippen molar-refractivity contribution in [1.29, 1.82) is 0 Å². The van der Waals surface area contributed by atoms with Crippen molar-refractivity contribution in [3.8, 4) is 0 Å². The number of hydrogen-bond donors (Lipinski definition) is 0. The summed E-state index contributed by atoms with van der Waals surface area (Å²) in [6, 6.07) is 3.95. The summed E-state index contributed by atoms with van der Waals surface area (Å²) in [6.45, 7) is 13.3. The molecule has 0 aliphatic heterocycles. The minimum atomic E-state index is 0.903. The van der Waals surface area contributed by atoms with Gasteiger partial charge in [0.05, 0.1) is 5.69 Å². The molecule has 0 aliphatic rings. The first-order chi connectivity index (χ1) is 6.27. The van der Waals surface area contributed by atoms with Crippen LogP contribution in [0.15, 0.2) is 25.3 Å². The molecule has 0 amide bonds. The Bertz CT molecular complexity index is 287. The van der Waals surface area contributed by atoms with Gasteiger partial charge in [-0.15, -0.1) is 0 Å². The summed E-state index contributed by atoms with van der Waals surface area (Å²) in [5, 5.41) is 0. The molecule has 0 saturated heterocycles. The van der Waals surface area contributed by atoms with Crippen molar-refractivity contribution in [1.82, 2.24) is 4.98 Å². The SMILES string of the molecule is C=Cc1ccc(C)nc1C=C.CC. The zero-order chi connectivity index (χ0) is 10.3. The van der Waals surface area contributed by atoms with Crippen LogP contribution in [0.2, 0.25) is 0 Å². The molecular weight excluding hydrogens is 158 g/mol. The van der Waals surface area contributed by atoms with Gasteiger partial charge in [-0.3, -0.25) is 4.98 Å². The third kappa shape index (κ3) is 3.24. The summed E-state index contributed by atoms with van der Waals surface area (Å²) in [5.41, 5.74) is 2.94. The topological polar surface area (TPSA) is 12.9 Å². The lowest BCUT2D eigenvalue weighted by Gasteiger charge is -1.99. The molecular formula is C12H17N. The van der Waals surface area contributed by atoms with E-state index in [1.165, 1.54) is 0 Å². The number of hydrogen-bond acceptors (Lipinski definition) is 1. The van der Waals surface area contributed by atoms with Crippen LogP contribution in [0.4, 0.5) is 0 Å². The van der Waals surface area contributed by atoms with Gasteiger partial charge in [0.25, 0.3) is 0 Å². The molecule has 0 bridgehead atoms. The highest BCUT2D eigenvalue weighted by atomic mass is 14.7. The molecule has 1 heterocycles. The Balaban J connectivity index is 0.000000671. The highest BCUT2D eigenvalue weighted by molar-refractivity contribution is 5.60. The summed E-state index contributed by atoms with van der Waals surface area (Å²) in [7, 11) is 0. The fraction of sp³-hybridized carbons (Fsp3) is 0.250. The summed E-state index contributed by atoms with van der Waals surface area (Å²) >= 11 is 0. The van der Waals surface area contributed by atoms with E-state index in [4.69, 9.17) is 0 Å². The van der Waals surface area contributed by atoms with Gasteiger partial charge in [0, 0.05) is 5.69 Å². The summed E-state index contributed by atoms with van der Waals surface area (Å²) in [5.74, 6) is 0. The van der Waals surface area contributed by atoms with E-state index < -0.39 is 0 Å². The fourth-order valence-electron chi connectivity index (χ4n) is 0.924. The first-order valence-corrected chi connectivity index (χ1v) is 4.50. The Hall–Kier alpha value is -1.37. The van der Waals surface area contributed by atoms with Gasteiger partial charge in [0.15, 0.2) is 0 Å². The first kappa shape index (κ1) is 11.6. The summed E-state index contributed by atoms with van der Waals surface area (Å²) in [4.78, 5) is 4.27. The lowest BCUT2D eigenvalue weighted by molar-refractivity contribution is 1.17. The van der Waals surface area contributed by atoms with Gasteiger partial charge in [0.2, 0.25) is 0 Å². The normalized spacial score (nSPS) is 8.23. The monoisotopic (exact) mass is 175 g/mol. The van der Waals surface area contributed by atoms with E-state index in [0.717, 1.165) is 17.0 Å². The maximum Gasteiger partial charge on any atom is 0.0699 e. The number of nitrogens with zero attached hydrogens (tertiary/aromatic N) is 1. The van der Waals surface area contributed by atoms with Crippen LogP contribution in [0, 0.1) is 6.92 Å². The van der Waals surface area contributed by atoms with Gasteiger partial charge in [-0.1, -0.05) is 39.1 Å². The molecule has 0 N–H and O–H groups in total. The van der Waals surface area contributed by atoms with Crippen molar-refractivity contribution in [3.05, 3.63) is 42.2 Å². The van der Waals surface area contributed by atoms with Crippen LogP contribution in [0.25, 0.3) is 12.2 Å². The summed E-state index contributed by atoms with van der Waals surface area (Å²) in [6.07, 6.45) is 3.52. The Kier molecular flexibility index (Phi) is 5.53. The molecule has 13 heavy (non-hydrogen) atoms. The Labute approximate surface area is 80.8 Å². The van der Waals surface area contributed by atoms with Crippen LogP contribution >= 0.6 is 0 Å². The Morgan fingerprint density at radius 3 is 2.23 bits per heavy atom. The maximum absolute atomic E-state index is 4.27. The largest absolute Gasteiger partial charge is 0.253 e. The van der Waals surface area contributed by atoms with Gasteiger partial charge in [0.1, 0.15) is 0 Å². The van der Waals surface area contributed by atoms with E-state index in [-0.39, 0.29) is 0 Å². The molecule has 0 unspecified atom stereocenters. The summed E-state index contributed by atoms with van der Waals surface area (Å²) < 4.78 is 0. The fourth-order valence-corrected chi connectivity index (χ4v) is 0.924. The van der Waals surface area contributed by atoms with E-state index in [0.29, 0.717) is 0 Å². The molecule has 0 spiro atoms. The van der Waals surface area contributed by atoms with Crippen molar-refractivity contribution in [2.24, 2.45) is 0 Å². The van der Waals surface area contributed by atoms with E-state index in [1.54, 1.807) is 12.2 Å². The van der Waals surface area contributed by atoms with Gasteiger partial charge in [-0.25, -0.2) is 0 Å². The van der Waals surface area contributed by atoms with Gasteiger partial charge in [-0.2, -0.15) is 0 Å². The van der Waals surface area contributed by atoms with E-state index in [9.17, 15) is 0 Å². The molecule has 0 atom stereocenters. The zero-order valence-corrected chi connectivity index (χ0v) is 8.67. The molecule has 0 fully saturated rings. The highest BCUT2D eigenvalue weighted by Crippen LogP contribution is 2.09. The quantitative estimate of drug-likeness (QED) is 0.667. The van der Waals surface area contributed by atoms with Crippen LogP contribution in [-0.2, 0) is 0 Å². The lowest BCUT2D eigenvalue weighted by atomic mass is 10.2. The third-order valence-electron chi connectivity index (χ3n) is 1.51. The van der Waals surface area contributed by atoms with Crippen molar-refractivity contribution < 1.29 is 0 Å². The van der Waals surface area contributed by atoms with Crippen LogP contribution in [0.1, 0.15) is 30.8 Å². The van der Waals surface area contributed by atoms with Gasteiger partial charge >= 0.3 is 0 Å². The van der Waals surface area contributed by atoms with Crippen molar-refractivity contribution in [2.75, 3.05) is 0 Å². The molecule has 1 aromatic heterocycles. The van der Waals surface area contributed by atoms with Crippen LogP contribution < -0.4 is 0 Å². The van der Waals surface area contributed by atoms with Crippen LogP contribution in [-0.4, -0.2) is 4.98 Å². The Morgan fingerprint density at radius 2 is 1.77 bits per heavy atom. The molecule has 1 aromatic rings. The highest BCUT2D eigenvalue weighted by Gasteiger charge is 1.95. The molecule has 1 heteroatoms. The predicted octanol–water partition coefficient (Wildman–Crippen LogP) is 3.70. The van der Waals surface area contributed by atoms with Crippen molar-refractivity contribution in [3.63, 3.8) is 0 Å². The number of rotatable bonds is 2. The minimum Gasteiger partial charge on any atom is -0.253 e. The Morgan fingerprint density at radius 1 is 1.15 bits per heavy atom. The number of pyridine rings is 1. The van der Waals surface area contributed by atoms with Crippen molar-refractivity contribution in [2.45, 2.75) is 20.8 Å². The number of aryl methyl sites for hydroxylation is 1. The smallest absolute Gasteiger partial charge is 0.0699 e. The molecule has 70 valence electrons. The first-order valence-electron chi connectivity index (χ1n) is 4.50. The van der Waals surface area contributed by atoms with Gasteiger partial charge < -0.3 is 0 Å². The maximum atomic E-state index is 4.27. The predicted molar refractivity (Wildman–Crippen MR) is 60.5 cm³/mol. The van der Waals surface area contributed by atoms with E-state index >= 15 is 0 Å². The van der Waals surface area contributed by atoms with Gasteiger partial charge in [-0.05, 0) is 24.6 Å². The molecule has 1 nitrogen and oxygen atoms in total. The molecule has 0 saturated carbocycles. The van der Waals surface area contributed by atoms with E-state index in [1.807, 2.05) is 32.9 Å². The van der Waals surface area contributed by atoms with Crippen molar-refractivity contribution >= 4 is 12.2 Å². The third-order valence-corrected chi connectivity index (χ3v) is 1.51. The second kappa shape index (κ2) is 6.18. The standard InChI is InChI=1S/C10H11N.C2H6/c1-4-9-7-6-8(3)11-10(9)5-2;1-2/h4-7H,1-2H2,3H3;1-2H3. The molecule has 1 rings (SSSR count). The molecule has 0 aromatic carbocycles. The second-order valence-corrected chi connectivity index (χ2v) is 2.34. The zero-order valence-electron chi connectivity index (χ0n) is 8.67. The van der Waals surface area contributed by atoms with E-state index in [2.05, 4.69) is 18.1 Å². The second-order valence-electron chi connectivity index (χ2n) is 2.34. The van der Waals surface area contributed by atoms with Crippen LogP contribution in [0.3, 0.4) is 0 Å².